The van der Waals surface area contributed by atoms with Crippen LogP contribution < -0.4 is 0 Å². The quantitative estimate of drug-likeness (QED) is 0.197. The molecule has 0 radical (unpaired) electrons. The first kappa shape index (κ1) is 27.0. The molecule has 47 heavy (non-hydrogen) atoms. The first-order valence-corrected chi connectivity index (χ1v) is 15.8. The van der Waals surface area contributed by atoms with Gasteiger partial charge in [0.05, 0.1) is 11.4 Å². The van der Waals surface area contributed by atoms with Gasteiger partial charge in [-0.3, -0.25) is 0 Å². The predicted molar refractivity (Wildman–Crippen MR) is 194 cm³/mol. The Hall–Kier alpha value is -6.32. The van der Waals surface area contributed by atoms with E-state index in [2.05, 4.69) is 140 Å². The Morgan fingerprint density at radius 2 is 0.957 bits per heavy atom. The molecule has 9 rings (SSSR count). The molecule has 0 aliphatic heterocycles. The van der Waals surface area contributed by atoms with Crippen LogP contribution in [0.1, 0.15) is 0 Å². The van der Waals surface area contributed by atoms with Crippen molar-refractivity contribution in [1.29, 1.82) is 0 Å². The van der Waals surface area contributed by atoms with E-state index in [1.54, 1.807) is 0 Å². The Balaban J connectivity index is 1.06. The molecule has 2 heterocycles. The van der Waals surface area contributed by atoms with Crippen LogP contribution in [-0.4, -0.2) is 9.97 Å². The molecule has 0 atom stereocenters. The average molecular weight is 601 g/mol. The lowest BCUT2D eigenvalue weighted by atomic mass is 9.97. The summed E-state index contributed by atoms with van der Waals surface area (Å²) in [5.74, 6) is 0.713. The molecule has 0 aliphatic rings. The van der Waals surface area contributed by atoms with Gasteiger partial charge >= 0.3 is 0 Å². The van der Waals surface area contributed by atoms with E-state index in [0.717, 1.165) is 72.3 Å². The standard InChI is InChI=1S/C44H28N2O/c1-2-10-34(11-3-1)44-45-40(28-41(46-44)36-26-21-29-9-4-5-12-35(29)27-36)33-24-19-31(20-25-33)30-17-22-32(23-18-30)37-14-8-15-39-38-13-6-7-16-42(38)47-43(37)39/h1-28H. The summed E-state index contributed by atoms with van der Waals surface area (Å²) in [6.45, 7) is 0. The molecule has 0 unspecified atom stereocenters. The fraction of sp³-hybridized carbons (Fsp3) is 0. The fourth-order valence-electron chi connectivity index (χ4n) is 6.46. The van der Waals surface area contributed by atoms with Crippen molar-refractivity contribution in [2.45, 2.75) is 0 Å². The van der Waals surface area contributed by atoms with E-state index in [1.807, 2.05) is 30.3 Å². The second-order valence-electron chi connectivity index (χ2n) is 11.8. The summed E-state index contributed by atoms with van der Waals surface area (Å²) in [5.41, 5.74) is 11.3. The van der Waals surface area contributed by atoms with E-state index in [1.165, 1.54) is 10.8 Å². The minimum absolute atomic E-state index is 0.713. The summed E-state index contributed by atoms with van der Waals surface area (Å²) in [6.07, 6.45) is 0. The van der Waals surface area contributed by atoms with E-state index in [-0.39, 0.29) is 0 Å². The minimum Gasteiger partial charge on any atom is -0.455 e. The van der Waals surface area contributed by atoms with Gasteiger partial charge in [-0.1, -0.05) is 152 Å². The first-order chi connectivity index (χ1) is 23.3. The SMILES string of the molecule is c1ccc(-c2nc(-c3ccc(-c4ccc(-c5cccc6c5oc5ccccc56)cc4)cc3)cc(-c3ccc4ccccc4c3)n2)cc1. The third-order valence-corrected chi connectivity index (χ3v) is 8.92. The van der Waals surface area contributed by atoms with Gasteiger partial charge in [0.2, 0.25) is 0 Å². The second-order valence-corrected chi connectivity index (χ2v) is 11.8. The number of aromatic nitrogens is 2. The molecule has 0 saturated heterocycles. The van der Waals surface area contributed by atoms with Crippen molar-refractivity contribution in [3.63, 3.8) is 0 Å². The zero-order valence-corrected chi connectivity index (χ0v) is 25.5. The normalized spacial score (nSPS) is 11.4. The van der Waals surface area contributed by atoms with Gasteiger partial charge in [-0.15, -0.1) is 0 Å². The van der Waals surface area contributed by atoms with Crippen molar-refractivity contribution in [1.82, 2.24) is 9.97 Å². The third kappa shape index (κ3) is 4.95. The Morgan fingerprint density at radius 3 is 1.74 bits per heavy atom. The lowest BCUT2D eigenvalue weighted by Crippen LogP contribution is -1.96. The molecule has 0 bridgehead atoms. The molecule has 0 spiro atoms. The maximum Gasteiger partial charge on any atom is 0.160 e. The highest BCUT2D eigenvalue weighted by atomic mass is 16.3. The topological polar surface area (TPSA) is 38.9 Å². The lowest BCUT2D eigenvalue weighted by molar-refractivity contribution is 0.670. The third-order valence-electron chi connectivity index (χ3n) is 8.92. The highest BCUT2D eigenvalue weighted by Crippen LogP contribution is 2.37. The van der Waals surface area contributed by atoms with E-state index in [0.29, 0.717) is 5.82 Å². The van der Waals surface area contributed by atoms with Crippen molar-refractivity contribution in [2.75, 3.05) is 0 Å². The molecule has 7 aromatic carbocycles. The number of rotatable bonds is 5. The largest absolute Gasteiger partial charge is 0.455 e. The van der Waals surface area contributed by atoms with E-state index in [9.17, 15) is 0 Å². The summed E-state index contributed by atoms with van der Waals surface area (Å²) in [5, 5.41) is 4.69. The maximum absolute atomic E-state index is 6.29. The van der Waals surface area contributed by atoms with Crippen LogP contribution in [0.5, 0.6) is 0 Å². The van der Waals surface area contributed by atoms with Gasteiger partial charge in [0, 0.05) is 33.0 Å². The Morgan fingerprint density at radius 1 is 0.362 bits per heavy atom. The monoisotopic (exact) mass is 600 g/mol. The molecular weight excluding hydrogens is 572 g/mol. The summed E-state index contributed by atoms with van der Waals surface area (Å²) >= 11 is 0. The highest BCUT2D eigenvalue weighted by Gasteiger charge is 2.13. The summed E-state index contributed by atoms with van der Waals surface area (Å²) in [6, 6.07) is 59.2. The van der Waals surface area contributed by atoms with Crippen LogP contribution >= 0.6 is 0 Å². The van der Waals surface area contributed by atoms with Crippen LogP contribution in [0.2, 0.25) is 0 Å². The average Bonchev–Trinajstić information content (AvgIpc) is 3.54. The van der Waals surface area contributed by atoms with E-state index >= 15 is 0 Å². The Kier molecular flexibility index (Phi) is 6.46. The number of fused-ring (bicyclic) bond motifs is 4. The Bertz CT molecular complexity index is 2550. The van der Waals surface area contributed by atoms with Gasteiger partial charge in [0.15, 0.2) is 5.82 Å². The molecule has 3 nitrogen and oxygen atoms in total. The summed E-state index contributed by atoms with van der Waals surface area (Å²) in [4.78, 5) is 10.0. The number of para-hydroxylation sites is 2. The van der Waals surface area contributed by atoms with Gasteiger partial charge in [-0.05, 0) is 45.7 Å². The molecule has 0 amide bonds. The molecule has 0 saturated carbocycles. The Labute approximate surface area is 272 Å². The van der Waals surface area contributed by atoms with Crippen LogP contribution in [0.3, 0.4) is 0 Å². The molecule has 9 aromatic rings. The second kappa shape index (κ2) is 11.2. The van der Waals surface area contributed by atoms with Crippen LogP contribution in [0.15, 0.2) is 174 Å². The number of benzene rings is 7. The zero-order chi connectivity index (χ0) is 31.2. The zero-order valence-electron chi connectivity index (χ0n) is 25.5. The number of hydrogen-bond donors (Lipinski definition) is 0. The van der Waals surface area contributed by atoms with E-state index < -0.39 is 0 Å². The van der Waals surface area contributed by atoms with Crippen molar-refractivity contribution in [3.8, 4) is 56.2 Å². The van der Waals surface area contributed by atoms with Gasteiger partial charge in [-0.2, -0.15) is 0 Å². The van der Waals surface area contributed by atoms with Crippen LogP contribution in [-0.2, 0) is 0 Å². The molecular formula is C44H28N2O. The number of furan rings is 1. The number of hydrogen-bond acceptors (Lipinski definition) is 3. The van der Waals surface area contributed by atoms with Crippen LogP contribution in [0.25, 0.3) is 88.9 Å². The fourth-order valence-corrected chi connectivity index (χ4v) is 6.46. The van der Waals surface area contributed by atoms with Crippen molar-refractivity contribution in [3.05, 3.63) is 170 Å². The van der Waals surface area contributed by atoms with Crippen molar-refractivity contribution >= 4 is 32.7 Å². The maximum atomic E-state index is 6.29. The molecule has 0 N–H and O–H groups in total. The van der Waals surface area contributed by atoms with Gasteiger partial charge in [0.1, 0.15) is 11.2 Å². The lowest BCUT2D eigenvalue weighted by Gasteiger charge is -2.11. The summed E-state index contributed by atoms with van der Waals surface area (Å²) < 4.78 is 6.29. The van der Waals surface area contributed by atoms with Gasteiger partial charge in [0.25, 0.3) is 0 Å². The minimum atomic E-state index is 0.713. The van der Waals surface area contributed by atoms with Crippen LogP contribution in [0, 0.1) is 0 Å². The summed E-state index contributed by atoms with van der Waals surface area (Å²) in [7, 11) is 0. The molecule has 2 aromatic heterocycles. The first-order valence-electron chi connectivity index (χ1n) is 15.8. The molecule has 3 heteroatoms. The van der Waals surface area contributed by atoms with Crippen molar-refractivity contribution < 1.29 is 4.42 Å². The van der Waals surface area contributed by atoms with Gasteiger partial charge in [-0.25, -0.2) is 9.97 Å². The molecule has 0 fully saturated rings. The molecule has 0 aliphatic carbocycles. The van der Waals surface area contributed by atoms with Crippen LogP contribution in [0.4, 0.5) is 0 Å². The molecule has 220 valence electrons. The van der Waals surface area contributed by atoms with Gasteiger partial charge < -0.3 is 4.42 Å². The smallest absolute Gasteiger partial charge is 0.160 e. The predicted octanol–water partition coefficient (Wildman–Crippen LogP) is 11.9. The highest BCUT2D eigenvalue weighted by molar-refractivity contribution is 6.09. The van der Waals surface area contributed by atoms with Crippen molar-refractivity contribution in [2.24, 2.45) is 0 Å². The number of nitrogens with zero attached hydrogens (tertiary/aromatic N) is 2. The van der Waals surface area contributed by atoms with E-state index in [4.69, 9.17) is 14.4 Å².